The van der Waals surface area contributed by atoms with Gasteiger partial charge in [0.15, 0.2) is 0 Å². The van der Waals surface area contributed by atoms with E-state index in [1.807, 2.05) is 6.92 Å². The Morgan fingerprint density at radius 1 is 1.29 bits per heavy atom. The quantitative estimate of drug-likeness (QED) is 0.866. The van der Waals surface area contributed by atoms with Crippen LogP contribution in [0.3, 0.4) is 0 Å². The summed E-state index contributed by atoms with van der Waals surface area (Å²) in [5, 5.41) is 3.00. The van der Waals surface area contributed by atoms with E-state index in [-0.39, 0.29) is 16.8 Å². The average Bonchev–Trinajstić information content (AvgIpc) is 2.76. The number of halogens is 1. The Balaban J connectivity index is 2.30. The molecule has 2 atom stereocenters. The fraction of sp³-hybridized carbons (Fsp3) is 0.533. The molecule has 0 radical (unpaired) electrons. The second-order valence-corrected chi connectivity index (χ2v) is 8.51. The van der Waals surface area contributed by atoms with Gasteiger partial charge in [0.05, 0.1) is 4.90 Å². The third kappa shape index (κ3) is 3.77. The van der Waals surface area contributed by atoms with Crippen molar-refractivity contribution >= 4 is 25.6 Å². The first-order valence-electron chi connectivity index (χ1n) is 7.05. The molecule has 0 heterocycles. The van der Waals surface area contributed by atoms with E-state index >= 15 is 0 Å². The molecule has 2 unspecified atom stereocenters. The molecule has 0 spiro atoms. The van der Waals surface area contributed by atoms with Gasteiger partial charge in [-0.25, -0.2) is 8.42 Å². The van der Waals surface area contributed by atoms with Gasteiger partial charge in [-0.05, 0) is 62.3 Å². The molecule has 0 aliphatic heterocycles. The van der Waals surface area contributed by atoms with Crippen LogP contribution in [0.1, 0.15) is 47.7 Å². The SMILES string of the molecule is Cc1cc(S(=O)(=O)Cl)cc(C(=O)NC2CCC(C)C2)c1C. The van der Waals surface area contributed by atoms with Crippen LogP contribution >= 0.6 is 10.7 Å². The summed E-state index contributed by atoms with van der Waals surface area (Å²) in [5.41, 5.74) is 1.90. The molecule has 1 amide bonds. The molecule has 1 saturated carbocycles. The first kappa shape index (κ1) is 16.3. The maximum atomic E-state index is 12.4. The minimum atomic E-state index is -3.84. The average molecular weight is 330 g/mol. The molecule has 4 nitrogen and oxygen atoms in total. The first-order chi connectivity index (χ1) is 9.68. The van der Waals surface area contributed by atoms with Crippen LogP contribution < -0.4 is 5.32 Å². The lowest BCUT2D eigenvalue weighted by molar-refractivity contribution is 0.0936. The van der Waals surface area contributed by atoms with Crippen LogP contribution in [0.2, 0.25) is 0 Å². The topological polar surface area (TPSA) is 63.2 Å². The van der Waals surface area contributed by atoms with Crippen LogP contribution in [0.15, 0.2) is 17.0 Å². The highest BCUT2D eigenvalue weighted by atomic mass is 35.7. The second kappa shape index (κ2) is 5.97. The molecule has 1 aromatic rings. The van der Waals surface area contributed by atoms with Crippen LogP contribution in [-0.4, -0.2) is 20.4 Å². The number of hydrogen-bond donors (Lipinski definition) is 1. The zero-order valence-electron chi connectivity index (χ0n) is 12.4. The van der Waals surface area contributed by atoms with Crippen LogP contribution in [0.25, 0.3) is 0 Å². The van der Waals surface area contributed by atoms with Gasteiger partial charge in [-0.1, -0.05) is 6.92 Å². The summed E-state index contributed by atoms with van der Waals surface area (Å²) in [4.78, 5) is 12.4. The first-order valence-corrected chi connectivity index (χ1v) is 9.36. The Hall–Kier alpha value is -1.07. The van der Waals surface area contributed by atoms with E-state index in [4.69, 9.17) is 10.7 Å². The van der Waals surface area contributed by atoms with Crippen molar-refractivity contribution in [3.8, 4) is 0 Å². The number of amides is 1. The Morgan fingerprint density at radius 3 is 2.48 bits per heavy atom. The normalized spacial score (nSPS) is 22.3. The summed E-state index contributed by atoms with van der Waals surface area (Å²) in [6.07, 6.45) is 3.05. The summed E-state index contributed by atoms with van der Waals surface area (Å²) in [7, 11) is 1.55. The zero-order valence-corrected chi connectivity index (χ0v) is 14.0. The molecule has 116 valence electrons. The highest BCUT2D eigenvalue weighted by Gasteiger charge is 2.24. The molecular weight excluding hydrogens is 310 g/mol. The van der Waals surface area contributed by atoms with Gasteiger partial charge in [0.1, 0.15) is 0 Å². The van der Waals surface area contributed by atoms with Gasteiger partial charge in [-0.15, -0.1) is 0 Å². The van der Waals surface area contributed by atoms with Crippen molar-refractivity contribution in [2.45, 2.75) is 51.0 Å². The summed E-state index contributed by atoms with van der Waals surface area (Å²) in [6.45, 7) is 5.75. The zero-order chi connectivity index (χ0) is 15.8. The van der Waals surface area contributed by atoms with Crippen LogP contribution in [0.5, 0.6) is 0 Å². The fourth-order valence-corrected chi connectivity index (χ4v) is 3.65. The highest BCUT2D eigenvalue weighted by molar-refractivity contribution is 8.13. The number of aryl methyl sites for hydroxylation is 1. The highest BCUT2D eigenvalue weighted by Crippen LogP contribution is 2.26. The number of hydrogen-bond acceptors (Lipinski definition) is 3. The predicted octanol–water partition coefficient (Wildman–Crippen LogP) is 3.15. The molecular formula is C15H20ClNO3S. The largest absolute Gasteiger partial charge is 0.349 e. The molecule has 1 aliphatic rings. The third-order valence-corrected chi connectivity index (χ3v) is 5.53. The van der Waals surface area contributed by atoms with Crippen molar-refractivity contribution in [2.24, 2.45) is 5.92 Å². The lowest BCUT2D eigenvalue weighted by atomic mass is 10.0. The summed E-state index contributed by atoms with van der Waals surface area (Å²) < 4.78 is 23.0. The number of rotatable bonds is 3. The summed E-state index contributed by atoms with van der Waals surface area (Å²) in [5.74, 6) is 0.393. The van der Waals surface area contributed by atoms with E-state index in [0.29, 0.717) is 11.5 Å². The molecule has 0 bridgehead atoms. The van der Waals surface area contributed by atoms with Gasteiger partial charge >= 0.3 is 0 Å². The van der Waals surface area contributed by atoms with E-state index in [1.165, 1.54) is 12.1 Å². The fourth-order valence-electron chi connectivity index (χ4n) is 2.80. The monoisotopic (exact) mass is 329 g/mol. The molecule has 1 aromatic carbocycles. The number of carbonyl (C=O) groups is 1. The summed E-state index contributed by atoms with van der Waals surface area (Å²) in [6, 6.07) is 3.02. The predicted molar refractivity (Wildman–Crippen MR) is 83.2 cm³/mol. The lowest BCUT2D eigenvalue weighted by Crippen LogP contribution is -2.33. The smallest absolute Gasteiger partial charge is 0.261 e. The van der Waals surface area contributed by atoms with Gasteiger partial charge in [-0.3, -0.25) is 4.79 Å². The molecule has 1 N–H and O–H groups in total. The molecule has 6 heteroatoms. The van der Waals surface area contributed by atoms with Crippen LogP contribution in [-0.2, 0) is 9.05 Å². The number of benzene rings is 1. The van der Waals surface area contributed by atoms with E-state index in [2.05, 4.69) is 12.2 Å². The van der Waals surface area contributed by atoms with Crippen LogP contribution in [0, 0.1) is 19.8 Å². The van der Waals surface area contributed by atoms with Gasteiger partial charge in [0, 0.05) is 22.3 Å². The van der Waals surface area contributed by atoms with Crippen molar-refractivity contribution in [1.29, 1.82) is 0 Å². The van der Waals surface area contributed by atoms with Crippen molar-refractivity contribution in [3.63, 3.8) is 0 Å². The van der Waals surface area contributed by atoms with E-state index < -0.39 is 9.05 Å². The molecule has 21 heavy (non-hydrogen) atoms. The summed E-state index contributed by atoms with van der Waals surface area (Å²) >= 11 is 0. The van der Waals surface area contributed by atoms with Gasteiger partial charge in [0.2, 0.25) is 0 Å². The van der Waals surface area contributed by atoms with Gasteiger partial charge in [0.25, 0.3) is 15.0 Å². The van der Waals surface area contributed by atoms with Crippen molar-refractivity contribution in [3.05, 3.63) is 28.8 Å². The van der Waals surface area contributed by atoms with Gasteiger partial charge in [-0.2, -0.15) is 0 Å². The Labute approximate surface area is 130 Å². The molecule has 1 fully saturated rings. The minimum absolute atomic E-state index is 0.0304. The Morgan fingerprint density at radius 2 is 1.95 bits per heavy atom. The number of nitrogens with one attached hydrogen (secondary N) is 1. The van der Waals surface area contributed by atoms with Crippen molar-refractivity contribution < 1.29 is 13.2 Å². The molecule has 1 aliphatic carbocycles. The molecule has 0 saturated heterocycles. The van der Waals surface area contributed by atoms with E-state index in [0.717, 1.165) is 30.4 Å². The maximum absolute atomic E-state index is 12.4. The minimum Gasteiger partial charge on any atom is -0.349 e. The second-order valence-electron chi connectivity index (χ2n) is 5.94. The molecule has 0 aromatic heterocycles. The Bertz CT molecular complexity index is 670. The maximum Gasteiger partial charge on any atom is 0.261 e. The Kier molecular flexibility index (Phi) is 4.63. The molecule has 2 rings (SSSR count). The lowest BCUT2D eigenvalue weighted by Gasteiger charge is -2.15. The van der Waals surface area contributed by atoms with Crippen LogP contribution in [0.4, 0.5) is 0 Å². The van der Waals surface area contributed by atoms with Gasteiger partial charge < -0.3 is 5.32 Å². The number of carbonyl (C=O) groups excluding carboxylic acids is 1. The third-order valence-electron chi connectivity index (χ3n) is 4.20. The standard InChI is InChI=1S/C15H20ClNO3S/c1-9-4-5-12(6-9)17-15(18)14-8-13(21(16,19)20)7-10(2)11(14)3/h7-9,12H,4-6H2,1-3H3,(H,17,18). The van der Waals surface area contributed by atoms with Crippen molar-refractivity contribution in [2.75, 3.05) is 0 Å². The van der Waals surface area contributed by atoms with Crippen molar-refractivity contribution in [1.82, 2.24) is 5.32 Å². The van der Waals surface area contributed by atoms with E-state index in [9.17, 15) is 13.2 Å². The van der Waals surface area contributed by atoms with E-state index in [1.54, 1.807) is 6.92 Å².